The molecule has 0 saturated carbocycles. The monoisotopic (exact) mass is 437 g/mol. The van der Waals surface area contributed by atoms with Crippen LogP contribution in [0.5, 0.6) is 5.88 Å². The van der Waals surface area contributed by atoms with Crippen LogP contribution in [0.2, 0.25) is 0 Å². The normalized spacial score (nSPS) is 15.7. The van der Waals surface area contributed by atoms with Crippen molar-refractivity contribution < 1.29 is 13.5 Å². The van der Waals surface area contributed by atoms with Crippen LogP contribution < -0.4 is 10.0 Å². The first kappa shape index (κ1) is 19.2. The molecule has 3 heterocycles. The van der Waals surface area contributed by atoms with Crippen LogP contribution in [0.15, 0.2) is 48.9 Å². The fourth-order valence-electron chi connectivity index (χ4n) is 3.84. The second-order valence-corrected chi connectivity index (χ2v) is 9.14. The van der Waals surface area contributed by atoms with Gasteiger partial charge in [0.25, 0.3) is 0 Å². The summed E-state index contributed by atoms with van der Waals surface area (Å²) < 4.78 is 27.0. The summed E-state index contributed by atoms with van der Waals surface area (Å²) in [4.78, 5) is 13.0. The van der Waals surface area contributed by atoms with Crippen molar-refractivity contribution in [1.29, 1.82) is 0 Å². The van der Waals surface area contributed by atoms with Crippen LogP contribution in [-0.2, 0) is 16.4 Å². The number of hydrogen-bond acceptors (Lipinski definition) is 8. The largest absolute Gasteiger partial charge is 0.493 e. The molecule has 11 heteroatoms. The van der Waals surface area contributed by atoms with Crippen LogP contribution in [0.3, 0.4) is 0 Å². The van der Waals surface area contributed by atoms with Crippen molar-refractivity contribution >= 4 is 38.4 Å². The molecule has 1 atom stereocenters. The fraction of sp³-hybridized carbons (Fsp3) is 0.200. The highest BCUT2D eigenvalue weighted by Gasteiger charge is 2.28. The maximum Gasteiger partial charge on any atom is 0.229 e. The summed E-state index contributed by atoms with van der Waals surface area (Å²) in [6, 6.07) is 8.66. The molecule has 1 unspecified atom stereocenters. The number of hydrogen-bond donors (Lipinski definition) is 3. The van der Waals surface area contributed by atoms with Crippen LogP contribution in [0.1, 0.15) is 23.6 Å². The van der Waals surface area contributed by atoms with Gasteiger partial charge in [-0.3, -0.25) is 4.72 Å². The average molecular weight is 437 g/mol. The molecule has 3 N–H and O–H groups in total. The lowest BCUT2D eigenvalue weighted by molar-refractivity contribution is 0.447. The van der Waals surface area contributed by atoms with Crippen LogP contribution in [-0.4, -0.2) is 44.5 Å². The zero-order valence-electron chi connectivity index (χ0n) is 16.5. The van der Waals surface area contributed by atoms with Crippen LogP contribution in [0.4, 0.5) is 17.3 Å². The van der Waals surface area contributed by atoms with E-state index in [2.05, 4.69) is 30.1 Å². The maximum atomic E-state index is 11.3. The van der Waals surface area contributed by atoms with Crippen molar-refractivity contribution in [2.75, 3.05) is 16.3 Å². The first-order valence-corrected chi connectivity index (χ1v) is 11.5. The van der Waals surface area contributed by atoms with E-state index in [-0.39, 0.29) is 11.9 Å². The predicted molar refractivity (Wildman–Crippen MR) is 116 cm³/mol. The minimum absolute atomic E-state index is 0.0366. The van der Waals surface area contributed by atoms with Gasteiger partial charge in [-0.2, -0.15) is 10.1 Å². The molecule has 5 rings (SSSR count). The van der Waals surface area contributed by atoms with Gasteiger partial charge in [-0.15, -0.1) is 0 Å². The molecule has 0 fully saturated rings. The SMILES string of the molecule is CS(=O)(=O)Nc1ccc(Nc2ncc3cnn(C4CCc5c4ccnc5O)c3n2)cc1. The number of rotatable bonds is 5. The molecule has 0 amide bonds. The Kier molecular flexibility index (Phi) is 4.47. The van der Waals surface area contributed by atoms with Gasteiger partial charge in [0.15, 0.2) is 5.65 Å². The molecule has 0 aliphatic heterocycles. The zero-order valence-corrected chi connectivity index (χ0v) is 17.3. The lowest BCUT2D eigenvalue weighted by atomic mass is 10.1. The Balaban J connectivity index is 1.43. The van der Waals surface area contributed by atoms with E-state index in [9.17, 15) is 13.5 Å². The van der Waals surface area contributed by atoms with E-state index < -0.39 is 10.0 Å². The Labute approximate surface area is 178 Å². The topological polar surface area (TPSA) is 135 Å². The molecule has 1 aromatic carbocycles. The van der Waals surface area contributed by atoms with Crippen molar-refractivity contribution in [3.05, 3.63) is 60.0 Å². The standard InChI is InChI=1S/C20H19N7O3S/c1-31(29,30)26-14-4-2-13(3-5-14)24-20-22-10-12-11-23-27(18(12)25-20)17-7-6-16-15(17)8-9-21-19(16)28/h2-5,8-11,17,26H,6-7H2,1H3,(H,21,28)(H,22,24,25). The molecule has 31 heavy (non-hydrogen) atoms. The molecule has 0 radical (unpaired) electrons. The number of pyridine rings is 1. The molecule has 4 aromatic rings. The number of nitrogens with one attached hydrogen (secondary N) is 2. The highest BCUT2D eigenvalue weighted by atomic mass is 32.2. The zero-order chi connectivity index (χ0) is 21.6. The molecule has 0 bridgehead atoms. The van der Waals surface area contributed by atoms with Gasteiger partial charge in [-0.1, -0.05) is 0 Å². The Morgan fingerprint density at radius 1 is 1.10 bits per heavy atom. The first-order valence-electron chi connectivity index (χ1n) is 9.59. The van der Waals surface area contributed by atoms with Crippen molar-refractivity contribution in [3.8, 4) is 5.88 Å². The van der Waals surface area contributed by atoms with Crippen molar-refractivity contribution in [3.63, 3.8) is 0 Å². The molecule has 0 saturated heterocycles. The molecule has 0 spiro atoms. The quantitative estimate of drug-likeness (QED) is 0.434. The van der Waals surface area contributed by atoms with Gasteiger partial charge < -0.3 is 10.4 Å². The van der Waals surface area contributed by atoms with E-state index in [0.717, 1.165) is 35.6 Å². The summed E-state index contributed by atoms with van der Waals surface area (Å²) in [7, 11) is -3.33. The predicted octanol–water partition coefficient (Wildman–Crippen LogP) is 2.58. The Bertz CT molecular complexity index is 1380. The maximum absolute atomic E-state index is 11.3. The Hall–Kier alpha value is -3.73. The van der Waals surface area contributed by atoms with E-state index in [1.807, 2.05) is 10.7 Å². The average Bonchev–Trinajstić information content (AvgIpc) is 3.33. The summed E-state index contributed by atoms with van der Waals surface area (Å²) in [5.41, 5.74) is 3.72. The lowest BCUT2D eigenvalue weighted by Gasteiger charge is -2.13. The van der Waals surface area contributed by atoms with Crippen molar-refractivity contribution in [1.82, 2.24) is 24.7 Å². The number of nitrogens with zero attached hydrogens (tertiary/aromatic N) is 5. The van der Waals surface area contributed by atoms with Crippen LogP contribution in [0.25, 0.3) is 11.0 Å². The number of sulfonamides is 1. The van der Waals surface area contributed by atoms with Gasteiger partial charge >= 0.3 is 0 Å². The van der Waals surface area contributed by atoms with E-state index in [1.165, 1.54) is 0 Å². The summed E-state index contributed by atoms with van der Waals surface area (Å²) in [5, 5.41) is 18.5. The van der Waals surface area contributed by atoms with E-state index in [0.29, 0.717) is 23.0 Å². The highest BCUT2D eigenvalue weighted by molar-refractivity contribution is 7.92. The molecule has 158 valence electrons. The van der Waals surface area contributed by atoms with Gasteiger partial charge in [0.2, 0.25) is 21.9 Å². The number of benzene rings is 1. The molecule has 10 nitrogen and oxygen atoms in total. The number of fused-ring (bicyclic) bond motifs is 2. The van der Waals surface area contributed by atoms with Gasteiger partial charge in [-0.25, -0.2) is 23.1 Å². The number of aromatic nitrogens is 5. The van der Waals surface area contributed by atoms with Gasteiger partial charge in [0.05, 0.1) is 23.9 Å². The van der Waals surface area contributed by atoms with E-state index in [4.69, 9.17) is 0 Å². The molecular weight excluding hydrogens is 418 g/mol. The third kappa shape index (κ3) is 3.75. The third-order valence-electron chi connectivity index (χ3n) is 5.17. The summed E-state index contributed by atoms with van der Waals surface area (Å²) in [6.07, 6.45) is 7.66. The number of aromatic hydroxyl groups is 1. The molecule has 1 aliphatic carbocycles. The smallest absolute Gasteiger partial charge is 0.229 e. The van der Waals surface area contributed by atoms with Gasteiger partial charge in [0.1, 0.15) is 0 Å². The second kappa shape index (κ2) is 7.20. The fourth-order valence-corrected chi connectivity index (χ4v) is 4.41. The first-order chi connectivity index (χ1) is 14.9. The van der Waals surface area contributed by atoms with Crippen molar-refractivity contribution in [2.45, 2.75) is 18.9 Å². The summed E-state index contributed by atoms with van der Waals surface area (Å²) in [6.45, 7) is 0. The minimum Gasteiger partial charge on any atom is -0.493 e. The van der Waals surface area contributed by atoms with Crippen molar-refractivity contribution in [2.24, 2.45) is 0 Å². The highest BCUT2D eigenvalue weighted by Crippen LogP contribution is 2.38. The van der Waals surface area contributed by atoms with Crippen LogP contribution >= 0.6 is 0 Å². The molecular formula is C20H19N7O3S. The van der Waals surface area contributed by atoms with Gasteiger partial charge in [0, 0.05) is 29.3 Å². The van der Waals surface area contributed by atoms with E-state index >= 15 is 0 Å². The molecule has 3 aromatic heterocycles. The Morgan fingerprint density at radius 2 is 1.87 bits per heavy atom. The van der Waals surface area contributed by atoms with E-state index in [1.54, 1.807) is 42.9 Å². The van der Waals surface area contributed by atoms with Crippen LogP contribution in [0, 0.1) is 0 Å². The third-order valence-corrected chi connectivity index (χ3v) is 5.78. The molecule has 1 aliphatic rings. The Morgan fingerprint density at radius 3 is 2.65 bits per heavy atom. The summed E-state index contributed by atoms with van der Waals surface area (Å²) in [5.74, 6) is 0.469. The summed E-state index contributed by atoms with van der Waals surface area (Å²) >= 11 is 0. The number of anilines is 3. The van der Waals surface area contributed by atoms with Gasteiger partial charge in [-0.05, 0) is 48.7 Å². The second-order valence-electron chi connectivity index (χ2n) is 7.40. The lowest BCUT2D eigenvalue weighted by Crippen LogP contribution is -2.10. The minimum atomic E-state index is -3.33.